The molecular formula is C25H29ClN4O2. The molecular weight excluding hydrogens is 424 g/mol. The van der Waals surface area contributed by atoms with E-state index in [1.165, 1.54) is 19.4 Å². The lowest BCUT2D eigenvalue weighted by atomic mass is 10.1. The number of nitrogens with one attached hydrogen (secondary N) is 1. The van der Waals surface area contributed by atoms with Gasteiger partial charge in [0, 0.05) is 67.8 Å². The second-order valence-electron chi connectivity index (χ2n) is 9.15. The lowest BCUT2D eigenvalue weighted by Crippen LogP contribution is -2.47. The van der Waals surface area contributed by atoms with Gasteiger partial charge in [-0.25, -0.2) is 0 Å². The number of carbonyl (C=O) groups excluding carboxylic acids is 2. The van der Waals surface area contributed by atoms with Gasteiger partial charge in [-0.05, 0) is 61.2 Å². The fourth-order valence-electron chi connectivity index (χ4n) is 4.63. The monoisotopic (exact) mass is 452 g/mol. The summed E-state index contributed by atoms with van der Waals surface area (Å²) in [6.45, 7) is 5.84. The highest BCUT2D eigenvalue weighted by Gasteiger charge is 2.35. The number of hydrogen-bond donors (Lipinski definition) is 1. The number of amides is 2. The van der Waals surface area contributed by atoms with Crippen LogP contribution in [0.15, 0.2) is 48.5 Å². The van der Waals surface area contributed by atoms with Gasteiger partial charge in [-0.15, -0.1) is 0 Å². The quantitative estimate of drug-likeness (QED) is 0.723. The summed E-state index contributed by atoms with van der Waals surface area (Å²) in [7, 11) is 0. The highest BCUT2D eigenvalue weighted by molar-refractivity contribution is 6.30. The summed E-state index contributed by atoms with van der Waals surface area (Å²) in [6.07, 6.45) is 3.01. The molecule has 0 aromatic heterocycles. The number of piperazine rings is 1. The Kier molecular flexibility index (Phi) is 6.07. The Labute approximate surface area is 194 Å². The Balaban J connectivity index is 1.18. The molecule has 1 aliphatic carbocycles. The van der Waals surface area contributed by atoms with Crippen LogP contribution in [0.2, 0.25) is 5.02 Å². The number of rotatable bonds is 6. The highest BCUT2D eigenvalue weighted by Crippen LogP contribution is 2.31. The molecule has 3 fully saturated rings. The zero-order valence-electron chi connectivity index (χ0n) is 18.2. The Morgan fingerprint density at radius 1 is 1.00 bits per heavy atom. The molecule has 0 spiro atoms. The van der Waals surface area contributed by atoms with Crippen LogP contribution in [0.3, 0.4) is 0 Å². The smallest absolute Gasteiger partial charge is 0.229 e. The summed E-state index contributed by atoms with van der Waals surface area (Å²) in [4.78, 5) is 32.0. The van der Waals surface area contributed by atoms with Gasteiger partial charge in [0.05, 0.1) is 5.92 Å². The molecule has 1 N–H and O–H groups in total. The molecule has 1 saturated carbocycles. The minimum Gasteiger partial charge on any atom is -0.369 e. The van der Waals surface area contributed by atoms with Gasteiger partial charge in [0.15, 0.2) is 0 Å². The Morgan fingerprint density at radius 3 is 2.47 bits per heavy atom. The van der Waals surface area contributed by atoms with Crippen LogP contribution in [0.1, 0.15) is 19.3 Å². The zero-order valence-corrected chi connectivity index (χ0v) is 18.9. The first-order valence-corrected chi connectivity index (χ1v) is 11.9. The van der Waals surface area contributed by atoms with Gasteiger partial charge >= 0.3 is 0 Å². The third-order valence-corrected chi connectivity index (χ3v) is 6.95. The Morgan fingerprint density at radius 2 is 1.75 bits per heavy atom. The molecule has 0 radical (unpaired) electrons. The van der Waals surface area contributed by atoms with Crippen LogP contribution >= 0.6 is 11.6 Å². The molecule has 2 saturated heterocycles. The van der Waals surface area contributed by atoms with E-state index >= 15 is 0 Å². The summed E-state index contributed by atoms with van der Waals surface area (Å²) in [5.41, 5.74) is 2.70. The number of halogens is 1. The van der Waals surface area contributed by atoms with Crippen molar-refractivity contribution in [1.29, 1.82) is 0 Å². The van der Waals surface area contributed by atoms with Gasteiger partial charge in [-0.2, -0.15) is 0 Å². The number of nitrogens with zero attached hydrogens (tertiary/aromatic N) is 3. The van der Waals surface area contributed by atoms with Crippen molar-refractivity contribution in [2.24, 2.45) is 11.8 Å². The van der Waals surface area contributed by atoms with Crippen molar-refractivity contribution in [2.75, 3.05) is 54.4 Å². The fraction of sp³-hybridized carbons (Fsp3) is 0.440. The van der Waals surface area contributed by atoms with Gasteiger partial charge in [-0.3, -0.25) is 14.5 Å². The topological polar surface area (TPSA) is 55.9 Å². The summed E-state index contributed by atoms with van der Waals surface area (Å²) in [6, 6.07) is 15.2. The number of hydrogen-bond acceptors (Lipinski definition) is 4. The van der Waals surface area contributed by atoms with E-state index in [4.69, 9.17) is 11.6 Å². The van der Waals surface area contributed by atoms with E-state index in [1.807, 2.05) is 30.3 Å². The first-order chi connectivity index (χ1) is 15.5. The third kappa shape index (κ3) is 4.92. The van der Waals surface area contributed by atoms with Crippen LogP contribution in [0.25, 0.3) is 0 Å². The second kappa shape index (κ2) is 9.12. The summed E-state index contributed by atoms with van der Waals surface area (Å²) < 4.78 is 0. The summed E-state index contributed by atoms with van der Waals surface area (Å²) >= 11 is 5.95. The molecule has 3 aliphatic rings. The van der Waals surface area contributed by atoms with Crippen molar-refractivity contribution in [3.63, 3.8) is 0 Å². The molecule has 0 bridgehead atoms. The SMILES string of the molecule is O=C(Nc1cccc(N2CCN(CC3CC3)CC2)c1)C1CC(=O)N(c2ccc(Cl)cc2)C1. The van der Waals surface area contributed by atoms with Crippen LogP contribution < -0.4 is 15.1 Å². The molecule has 2 amide bonds. The summed E-state index contributed by atoms with van der Waals surface area (Å²) in [5, 5.41) is 3.66. The average molecular weight is 453 g/mol. The Hall–Kier alpha value is -2.57. The van der Waals surface area contributed by atoms with Gasteiger partial charge < -0.3 is 15.1 Å². The number of carbonyl (C=O) groups is 2. The van der Waals surface area contributed by atoms with Gasteiger partial charge in [0.25, 0.3) is 0 Å². The van der Waals surface area contributed by atoms with Crippen molar-refractivity contribution in [3.8, 4) is 0 Å². The fourth-order valence-corrected chi connectivity index (χ4v) is 4.76. The minimum atomic E-state index is -0.368. The zero-order chi connectivity index (χ0) is 22.1. The predicted octanol–water partition coefficient (Wildman–Crippen LogP) is 3.86. The van der Waals surface area contributed by atoms with E-state index in [0.717, 1.165) is 49.2 Å². The molecule has 6 nitrogen and oxygen atoms in total. The van der Waals surface area contributed by atoms with Crippen molar-refractivity contribution >= 4 is 40.5 Å². The first kappa shape index (κ1) is 21.3. The van der Waals surface area contributed by atoms with Crippen molar-refractivity contribution in [1.82, 2.24) is 4.90 Å². The van der Waals surface area contributed by atoms with E-state index in [-0.39, 0.29) is 24.2 Å². The van der Waals surface area contributed by atoms with Crippen LogP contribution in [0.4, 0.5) is 17.1 Å². The highest BCUT2D eigenvalue weighted by atomic mass is 35.5. The van der Waals surface area contributed by atoms with E-state index < -0.39 is 0 Å². The van der Waals surface area contributed by atoms with E-state index in [1.54, 1.807) is 17.0 Å². The third-order valence-electron chi connectivity index (χ3n) is 6.70. The van der Waals surface area contributed by atoms with Crippen LogP contribution in [0.5, 0.6) is 0 Å². The number of benzene rings is 2. The average Bonchev–Trinajstić information content (AvgIpc) is 3.53. The molecule has 1 atom stereocenters. The van der Waals surface area contributed by atoms with Crippen molar-refractivity contribution in [3.05, 3.63) is 53.6 Å². The molecule has 2 aliphatic heterocycles. The van der Waals surface area contributed by atoms with E-state index in [9.17, 15) is 9.59 Å². The van der Waals surface area contributed by atoms with Crippen LogP contribution in [0, 0.1) is 11.8 Å². The lowest BCUT2D eigenvalue weighted by molar-refractivity contribution is -0.122. The van der Waals surface area contributed by atoms with Gasteiger partial charge in [-0.1, -0.05) is 17.7 Å². The van der Waals surface area contributed by atoms with Gasteiger partial charge in [0.1, 0.15) is 0 Å². The molecule has 2 heterocycles. The number of anilines is 3. The standard InChI is InChI=1S/C25H29ClN4O2/c26-20-6-8-22(9-7-20)30-17-19(14-24(30)31)25(32)27-21-2-1-3-23(15-21)29-12-10-28(11-13-29)16-18-4-5-18/h1-3,6-9,15,18-19H,4-5,10-14,16-17H2,(H,27,32). The normalized spacial score (nSPS) is 21.8. The van der Waals surface area contributed by atoms with Crippen molar-refractivity contribution in [2.45, 2.75) is 19.3 Å². The van der Waals surface area contributed by atoms with Crippen molar-refractivity contribution < 1.29 is 9.59 Å². The first-order valence-electron chi connectivity index (χ1n) is 11.5. The maximum absolute atomic E-state index is 12.9. The molecule has 7 heteroatoms. The lowest BCUT2D eigenvalue weighted by Gasteiger charge is -2.36. The van der Waals surface area contributed by atoms with Crippen LogP contribution in [-0.2, 0) is 9.59 Å². The summed E-state index contributed by atoms with van der Waals surface area (Å²) in [5.74, 6) is 0.414. The predicted molar refractivity (Wildman–Crippen MR) is 128 cm³/mol. The van der Waals surface area contributed by atoms with E-state index in [2.05, 4.69) is 21.2 Å². The largest absolute Gasteiger partial charge is 0.369 e. The molecule has 5 rings (SSSR count). The molecule has 1 unspecified atom stereocenters. The maximum Gasteiger partial charge on any atom is 0.229 e. The van der Waals surface area contributed by atoms with Crippen LogP contribution in [-0.4, -0.2) is 56.0 Å². The Bertz CT molecular complexity index is 984. The molecule has 32 heavy (non-hydrogen) atoms. The second-order valence-corrected chi connectivity index (χ2v) is 9.59. The molecule has 2 aromatic rings. The molecule has 168 valence electrons. The maximum atomic E-state index is 12.9. The minimum absolute atomic E-state index is 0.0368. The van der Waals surface area contributed by atoms with Gasteiger partial charge in [0.2, 0.25) is 11.8 Å². The van der Waals surface area contributed by atoms with E-state index in [0.29, 0.717) is 11.6 Å². The molecule has 2 aromatic carbocycles.